The van der Waals surface area contributed by atoms with Gasteiger partial charge in [0, 0.05) is 17.3 Å². The third kappa shape index (κ3) is 3.77. The molecule has 0 saturated heterocycles. The quantitative estimate of drug-likeness (QED) is 0.442. The maximum atomic E-state index is 12.9. The van der Waals surface area contributed by atoms with E-state index in [-0.39, 0.29) is 35.1 Å². The molecular weight excluding hydrogens is 398 g/mol. The second kappa shape index (κ2) is 8.39. The summed E-state index contributed by atoms with van der Waals surface area (Å²) in [6.45, 7) is 3.59. The monoisotopic (exact) mass is 419 g/mol. The average Bonchev–Trinajstić information content (AvgIpc) is 3.29. The molecular formula is C22H21N5O4. The van der Waals surface area contributed by atoms with E-state index in [1.165, 1.54) is 11.3 Å². The van der Waals surface area contributed by atoms with Crippen molar-refractivity contribution in [1.82, 2.24) is 25.0 Å². The van der Waals surface area contributed by atoms with Crippen LogP contribution in [0.3, 0.4) is 0 Å². The van der Waals surface area contributed by atoms with Crippen LogP contribution in [0.4, 0.5) is 0 Å². The Balaban J connectivity index is 1.69. The lowest BCUT2D eigenvalue weighted by Gasteiger charge is -2.15. The lowest BCUT2D eigenvalue weighted by atomic mass is 10.0. The molecule has 0 radical (unpaired) electrons. The van der Waals surface area contributed by atoms with Gasteiger partial charge in [-0.25, -0.2) is 0 Å². The van der Waals surface area contributed by atoms with Gasteiger partial charge in [-0.1, -0.05) is 19.4 Å². The van der Waals surface area contributed by atoms with E-state index < -0.39 is 0 Å². The Bertz CT molecular complexity index is 1310. The number of aromatic hydroxyl groups is 1. The van der Waals surface area contributed by atoms with Crippen molar-refractivity contribution in [1.29, 1.82) is 0 Å². The number of ether oxygens (including phenoxy) is 1. The summed E-state index contributed by atoms with van der Waals surface area (Å²) in [5.74, 6) is 0.501. The first kappa shape index (κ1) is 20.3. The number of aromatic amines is 1. The molecule has 3 aromatic heterocycles. The fourth-order valence-electron chi connectivity index (χ4n) is 3.55. The number of carbonyl (C=O) groups excluding carboxylic acids is 1. The number of nitrogens with one attached hydrogen (secondary N) is 1. The number of phenolic OH excluding ortho intramolecular Hbond substituents is 1. The summed E-state index contributed by atoms with van der Waals surface area (Å²) in [5.41, 5.74) is 2.42. The van der Waals surface area contributed by atoms with E-state index in [0.29, 0.717) is 28.8 Å². The molecule has 4 rings (SSSR count). The van der Waals surface area contributed by atoms with Gasteiger partial charge in [0.25, 0.3) is 5.56 Å². The summed E-state index contributed by atoms with van der Waals surface area (Å²) in [4.78, 5) is 24.6. The van der Waals surface area contributed by atoms with Crippen molar-refractivity contribution in [3.8, 4) is 22.9 Å². The molecule has 0 unspecified atom stereocenters. The zero-order valence-electron chi connectivity index (χ0n) is 17.1. The molecule has 9 heteroatoms. The van der Waals surface area contributed by atoms with Crippen LogP contribution in [-0.4, -0.2) is 35.9 Å². The summed E-state index contributed by atoms with van der Waals surface area (Å²) in [5, 5.41) is 24.1. The first-order chi connectivity index (χ1) is 15.0. The summed E-state index contributed by atoms with van der Waals surface area (Å²) >= 11 is 0. The van der Waals surface area contributed by atoms with Crippen molar-refractivity contribution in [3.05, 3.63) is 69.6 Å². The molecule has 0 aliphatic rings. The molecule has 0 fully saturated rings. The van der Waals surface area contributed by atoms with E-state index >= 15 is 0 Å². The molecule has 9 nitrogen and oxygen atoms in total. The number of nitrogens with zero attached hydrogens (tertiary/aromatic N) is 4. The van der Waals surface area contributed by atoms with Crippen LogP contribution in [-0.2, 0) is 13.0 Å². The number of carbonyl (C=O) groups is 1. The van der Waals surface area contributed by atoms with E-state index in [1.807, 2.05) is 13.0 Å². The second-order valence-electron chi connectivity index (χ2n) is 7.11. The molecule has 4 aromatic rings. The van der Waals surface area contributed by atoms with Crippen LogP contribution in [0.2, 0.25) is 0 Å². The minimum atomic E-state index is -0.268. The van der Waals surface area contributed by atoms with Gasteiger partial charge in [0.2, 0.25) is 5.82 Å². The highest BCUT2D eigenvalue weighted by atomic mass is 16.5. The molecule has 0 bridgehead atoms. The van der Waals surface area contributed by atoms with Crippen molar-refractivity contribution in [2.24, 2.45) is 0 Å². The molecule has 0 aliphatic heterocycles. The molecule has 31 heavy (non-hydrogen) atoms. The molecule has 0 saturated carbocycles. The van der Waals surface area contributed by atoms with E-state index in [2.05, 4.69) is 20.6 Å². The van der Waals surface area contributed by atoms with Crippen LogP contribution in [0.25, 0.3) is 16.9 Å². The Labute approximate surface area is 177 Å². The van der Waals surface area contributed by atoms with Crippen molar-refractivity contribution in [2.45, 2.75) is 33.3 Å². The number of benzene rings is 1. The van der Waals surface area contributed by atoms with Crippen LogP contribution >= 0.6 is 0 Å². The smallest absolute Gasteiger partial charge is 0.266 e. The van der Waals surface area contributed by atoms with Crippen LogP contribution in [0.1, 0.15) is 41.8 Å². The predicted molar refractivity (Wildman–Crippen MR) is 113 cm³/mol. The number of phenols is 1. The number of hydrogen-bond donors (Lipinski definition) is 2. The summed E-state index contributed by atoms with van der Waals surface area (Å²) in [6.07, 6.45) is 3.03. The Morgan fingerprint density at radius 3 is 2.77 bits per heavy atom. The normalized spacial score (nSPS) is 11.0. The van der Waals surface area contributed by atoms with Crippen molar-refractivity contribution in [2.75, 3.05) is 0 Å². The average molecular weight is 419 g/mol. The molecule has 3 heterocycles. The number of tetrazole rings is 1. The van der Waals surface area contributed by atoms with Gasteiger partial charge in [0.1, 0.15) is 18.1 Å². The number of aromatic nitrogens is 5. The number of hydrogen-bond acceptors (Lipinski definition) is 7. The molecule has 1 aromatic carbocycles. The number of H-pyrrole nitrogens is 1. The van der Waals surface area contributed by atoms with E-state index in [9.17, 15) is 14.7 Å². The second-order valence-corrected chi connectivity index (χ2v) is 7.11. The van der Waals surface area contributed by atoms with Gasteiger partial charge in [0.15, 0.2) is 5.78 Å². The maximum absolute atomic E-state index is 12.9. The van der Waals surface area contributed by atoms with Gasteiger partial charge in [-0.05, 0) is 48.9 Å². The van der Waals surface area contributed by atoms with Gasteiger partial charge in [-0.3, -0.25) is 14.0 Å². The molecule has 0 aliphatic carbocycles. The van der Waals surface area contributed by atoms with E-state index in [1.54, 1.807) is 36.5 Å². The number of ketones is 1. The third-order valence-electron chi connectivity index (χ3n) is 5.07. The third-order valence-corrected chi connectivity index (χ3v) is 5.07. The first-order valence-corrected chi connectivity index (χ1v) is 9.87. The van der Waals surface area contributed by atoms with Gasteiger partial charge in [-0.15, -0.1) is 10.2 Å². The van der Waals surface area contributed by atoms with Gasteiger partial charge < -0.3 is 9.84 Å². The fraction of sp³-hybridized carbons (Fsp3) is 0.227. The highest BCUT2D eigenvalue weighted by Crippen LogP contribution is 2.33. The van der Waals surface area contributed by atoms with Crippen LogP contribution in [0, 0.1) is 0 Å². The largest absolute Gasteiger partial charge is 0.507 e. The van der Waals surface area contributed by atoms with Gasteiger partial charge in [0.05, 0.1) is 16.6 Å². The number of pyridine rings is 2. The highest BCUT2D eigenvalue weighted by Gasteiger charge is 2.17. The van der Waals surface area contributed by atoms with Gasteiger partial charge in [-0.2, -0.15) is 5.21 Å². The van der Waals surface area contributed by atoms with E-state index in [4.69, 9.17) is 4.74 Å². The zero-order chi connectivity index (χ0) is 22.0. The van der Waals surface area contributed by atoms with Crippen LogP contribution in [0.15, 0.2) is 47.4 Å². The predicted octanol–water partition coefficient (Wildman–Crippen LogP) is 2.92. The Kier molecular flexibility index (Phi) is 5.48. The Morgan fingerprint density at radius 2 is 2.06 bits per heavy atom. The first-order valence-electron chi connectivity index (χ1n) is 9.87. The minimum Gasteiger partial charge on any atom is -0.507 e. The lowest BCUT2D eigenvalue weighted by Crippen LogP contribution is -2.17. The highest BCUT2D eigenvalue weighted by molar-refractivity contribution is 5.97. The maximum Gasteiger partial charge on any atom is 0.266 e. The SMILES string of the molecule is CCCc1c(OCc2cccn3c(=O)c(-c4nn[nH]n4)ccc23)ccc(C(C)=O)c1O. The van der Waals surface area contributed by atoms with Crippen molar-refractivity contribution < 1.29 is 14.6 Å². The fourth-order valence-corrected chi connectivity index (χ4v) is 3.55. The zero-order valence-corrected chi connectivity index (χ0v) is 17.1. The standard InChI is InChI=1S/C22H21N5O4/c1-3-5-16-19(10-8-15(13(2)28)20(16)29)31-12-14-6-4-11-27-18(14)9-7-17(22(27)30)21-23-25-26-24-21/h4,6-11,29H,3,5,12H2,1-2H3,(H,23,24,25,26). The van der Waals surface area contributed by atoms with Gasteiger partial charge >= 0.3 is 0 Å². The number of Topliss-reactive ketones (excluding diaryl/α,β-unsaturated/α-hetero) is 1. The van der Waals surface area contributed by atoms with Crippen molar-refractivity contribution in [3.63, 3.8) is 0 Å². The summed E-state index contributed by atoms with van der Waals surface area (Å²) in [6, 6.07) is 10.4. The van der Waals surface area contributed by atoms with Crippen LogP contribution in [0.5, 0.6) is 11.5 Å². The Morgan fingerprint density at radius 1 is 1.23 bits per heavy atom. The molecule has 2 N–H and O–H groups in total. The number of rotatable bonds is 7. The summed E-state index contributed by atoms with van der Waals surface area (Å²) in [7, 11) is 0. The molecule has 0 amide bonds. The number of fused-ring (bicyclic) bond motifs is 1. The molecule has 0 atom stereocenters. The molecule has 158 valence electrons. The van der Waals surface area contributed by atoms with Crippen molar-refractivity contribution >= 4 is 11.3 Å². The summed E-state index contributed by atoms with van der Waals surface area (Å²) < 4.78 is 7.52. The topological polar surface area (TPSA) is 122 Å². The van der Waals surface area contributed by atoms with Crippen LogP contribution < -0.4 is 10.3 Å². The minimum absolute atomic E-state index is 0.0363. The lowest BCUT2D eigenvalue weighted by molar-refractivity contribution is 0.101. The molecule has 0 spiro atoms. The van der Waals surface area contributed by atoms with E-state index in [0.717, 1.165) is 12.0 Å². The Hall–Kier alpha value is -4.01.